The van der Waals surface area contributed by atoms with E-state index < -0.39 is 58.0 Å². The quantitative estimate of drug-likeness (QED) is 0.262. The van der Waals surface area contributed by atoms with Crippen molar-refractivity contribution in [2.75, 3.05) is 36.3 Å². The zero-order valence-electron chi connectivity index (χ0n) is 24.7. The number of nitrogens with one attached hydrogen (secondary N) is 1. The van der Waals surface area contributed by atoms with Gasteiger partial charge in [-0.3, -0.25) is 23.7 Å². The SMILES string of the molecule is COc1ccc(N2C(=O)C3Sc4c(sc(=O)n4CC(=O)Nc4cccc(C(F)(F)F)c4)C(c4ccc(N(C)C)cc4)C3C2=O)cc1. The van der Waals surface area contributed by atoms with Crippen LogP contribution in [0.3, 0.4) is 0 Å². The van der Waals surface area contributed by atoms with Crippen molar-refractivity contribution in [3.8, 4) is 5.75 Å². The Bertz CT molecular complexity index is 1890. The molecule has 0 aliphatic carbocycles. The number of anilines is 3. The van der Waals surface area contributed by atoms with Crippen molar-refractivity contribution in [3.63, 3.8) is 0 Å². The zero-order chi connectivity index (χ0) is 32.9. The first kappa shape index (κ1) is 31.4. The Morgan fingerprint density at radius 1 is 0.978 bits per heavy atom. The molecular weight excluding hydrogens is 642 g/mol. The van der Waals surface area contributed by atoms with E-state index >= 15 is 0 Å². The maximum atomic E-state index is 14.1. The number of ether oxygens (including phenoxy) is 1. The minimum atomic E-state index is -4.60. The van der Waals surface area contributed by atoms with E-state index in [-0.39, 0.29) is 5.69 Å². The van der Waals surface area contributed by atoms with Crippen molar-refractivity contribution in [3.05, 3.63) is 98.5 Å². The number of hydrogen-bond donors (Lipinski definition) is 1. The molecule has 3 aromatic carbocycles. The van der Waals surface area contributed by atoms with Gasteiger partial charge in [-0.2, -0.15) is 13.2 Å². The summed E-state index contributed by atoms with van der Waals surface area (Å²) in [5, 5.41) is 1.91. The third-order valence-electron chi connectivity index (χ3n) is 7.92. The molecule has 0 spiro atoms. The number of thioether (sulfide) groups is 1. The van der Waals surface area contributed by atoms with E-state index in [9.17, 15) is 32.3 Å². The van der Waals surface area contributed by atoms with Gasteiger partial charge < -0.3 is 15.0 Å². The lowest BCUT2D eigenvalue weighted by molar-refractivity contribution is -0.137. The van der Waals surface area contributed by atoms with Crippen molar-refractivity contribution < 1.29 is 32.3 Å². The molecule has 1 saturated heterocycles. The minimum Gasteiger partial charge on any atom is -0.497 e. The van der Waals surface area contributed by atoms with Gasteiger partial charge in [-0.05, 0) is 60.2 Å². The summed E-state index contributed by atoms with van der Waals surface area (Å²) >= 11 is 1.94. The van der Waals surface area contributed by atoms with Crippen LogP contribution in [-0.2, 0) is 27.1 Å². The van der Waals surface area contributed by atoms with Gasteiger partial charge in [-0.15, -0.1) is 0 Å². The number of amides is 3. The molecule has 1 N–H and O–H groups in total. The number of imide groups is 1. The van der Waals surface area contributed by atoms with Gasteiger partial charge in [0.25, 0.3) is 0 Å². The smallest absolute Gasteiger partial charge is 0.416 e. The van der Waals surface area contributed by atoms with Gasteiger partial charge in [0.1, 0.15) is 17.5 Å². The van der Waals surface area contributed by atoms with Gasteiger partial charge in [-0.1, -0.05) is 41.3 Å². The fourth-order valence-corrected chi connectivity index (χ4v) is 8.47. The van der Waals surface area contributed by atoms with Gasteiger partial charge in [-0.25, -0.2) is 4.90 Å². The number of halogens is 3. The molecule has 1 aromatic heterocycles. The van der Waals surface area contributed by atoms with E-state index in [1.807, 2.05) is 43.3 Å². The Labute approximate surface area is 269 Å². The van der Waals surface area contributed by atoms with Crippen molar-refractivity contribution in [2.24, 2.45) is 5.92 Å². The van der Waals surface area contributed by atoms with Crippen LogP contribution in [0.4, 0.5) is 30.2 Å². The fourth-order valence-electron chi connectivity index (χ4n) is 5.70. The number of aromatic nitrogens is 1. The standard InChI is InChI=1S/C32H27F3N4O5S2/c1-37(2)20-9-7-17(8-10-20)24-25-26(29(42)39(28(25)41)21-11-13-22(44-3)14-12-21)45-30-27(24)46-31(43)38(30)16-23(40)36-19-6-4-5-18(15-19)32(33,34)35/h4-15,24-26H,16H2,1-3H3,(H,36,40). The number of methoxy groups -OCH3 is 1. The van der Waals surface area contributed by atoms with Crippen LogP contribution in [0.1, 0.15) is 21.9 Å². The number of fused-ring (bicyclic) bond motifs is 2. The molecule has 0 saturated carbocycles. The van der Waals surface area contributed by atoms with Gasteiger partial charge >= 0.3 is 11.0 Å². The molecule has 4 aromatic rings. The molecule has 3 atom stereocenters. The number of hydrogen-bond acceptors (Lipinski definition) is 8. The van der Waals surface area contributed by atoms with Crippen LogP contribution in [0.5, 0.6) is 5.75 Å². The van der Waals surface area contributed by atoms with Crippen LogP contribution in [-0.4, -0.2) is 48.7 Å². The fraction of sp³-hybridized carbons (Fsp3) is 0.250. The predicted octanol–water partition coefficient (Wildman–Crippen LogP) is 5.44. The first-order chi connectivity index (χ1) is 21.9. The van der Waals surface area contributed by atoms with Crippen LogP contribution in [0, 0.1) is 5.92 Å². The highest BCUT2D eigenvalue weighted by atomic mass is 32.2. The summed E-state index contributed by atoms with van der Waals surface area (Å²) in [5.41, 5.74) is 1.02. The summed E-state index contributed by atoms with van der Waals surface area (Å²) in [6.07, 6.45) is -4.60. The van der Waals surface area contributed by atoms with E-state index in [0.717, 1.165) is 51.4 Å². The average molecular weight is 669 g/mol. The number of carbonyl (C=O) groups is 3. The predicted molar refractivity (Wildman–Crippen MR) is 170 cm³/mol. The number of rotatable bonds is 7. The van der Waals surface area contributed by atoms with E-state index in [4.69, 9.17) is 4.74 Å². The maximum Gasteiger partial charge on any atom is 0.416 e. The molecule has 9 nitrogen and oxygen atoms in total. The van der Waals surface area contributed by atoms with Gasteiger partial charge in [0.15, 0.2) is 0 Å². The molecule has 1 fully saturated rings. The Kier molecular flexibility index (Phi) is 8.19. The molecule has 0 radical (unpaired) electrons. The first-order valence-electron chi connectivity index (χ1n) is 14.0. The Morgan fingerprint density at radius 3 is 2.30 bits per heavy atom. The number of thiazole rings is 1. The highest BCUT2D eigenvalue weighted by Gasteiger charge is 2.56. The van der Waals surface area contributed by atoms with Crippen LogP contribution >= 0.6 is 23.1 Å². The monoisotopic (exact) mass is 668 g/mol. The summed E-state index contributed by atoms with van der Waals surface area (Å²) in [5.74, 6) is -2.52. The third-order valence-corrected chi connectivity index (χ3v) is 10.5. The molecule has 238 valence electrons. The number of nitrogens with zero attached hydrogens (tertiary/aromatic N) is 3. The molecule has 3 heterocycles. The Hall–Kier alpha value is -4.56. The molecule has 2 aliphatic heterocycles. The lowest BCUT2D eigenvalue weighted by Crippen LogP contribution is -2.33. The lowest BCUT2D eigenvalue weighted by Gasteiger charge is -2.31. The largest absolute Gasteiger partial charge is 0.497 e. The zero-order valence-corrected chi connectivity index (χ0v) is 26.3. The van der Waals surface area contributed by atoms with E-state index in [1.165, 1.54) is 23.8 Å². The summed E-state index contributed by atoms with van der Waals surface area (Å²) in [4.78, 5) is 57.6. The second kappa shape index (κ2) is 12.0. The Morgan fingerprint density at radius 2 is 1.67 bits per heavy atom. The highest BCUT2D eigenvalue weighted by Crippen LogP contribution is 2.54. The molecule has 14 heteroatoms. The van der Waals surface area contributed by atoms with Crippen LogP contribution < -0.4 is 24.7 Å². The molecule has 46 heavy (non-hydrogen) atoms. The highest BCUT2D eigenvalue weighted by molar-refractivity contribution is 8.00. The van der Waals surface area contributed by atoms with Crippen molar-refractivity contribution in [2.45, 2.75) is 28.9 Å². The van der Waals surface area contributed by atoms with Crippen molar-refractivity contribution in [1.29, 1.82) is 0 Å². The topological polar surface area (TPSA) is 101 Å². The van der Waals surface area contributed by atoms with Gasteiger partial charge in [0.2, 0.25) is 17.7 Å². The average Bonchev–Trinajstić information content (AvgIpc) is 3.47. The lowest BCUT2D eigenvalue weighted by atomic mass is 9.83. The van der Waals surface area contributed by atoms with E-state index in [0.29, 0.717) is 21.3 Å². The summed E-state index contributed by atoms with van der Waals surface area (Å²) < 4.78 is 46.1. The minimum absolute atomic E-state index is 0.0738. The number of carbonyl (C=O) groups excluding carboxylic acids is 3. The molecule has 2 aliphatic rings. The second-order valence-electron chi connectivity index (χ2n) is 11.0. The number of benzene rings is 3. The molecule has 6 rings (SSSR count). The summed E-state index contributed by atoms with van der Waals surface area (Å²) in [6, 6.07) is 18.3. The van der Waals surface area contributed by atoms with Crippen LogP contribution in [0.15, 0.2) is 82.6 Å². The van der Waals surface area contributed by atoms with Crippen LogP contribution in [0.2, 0.25) is 0 Å². The van der Waals surface area contributed by atoms with Crippen molar-refractivity contribution in [1.82, 2.24) is 4.57 Å². The molecular formula is C32H27F3N4O5S2. The Balaban J connectivity index is 1.38. The van der Waals surface area contributed by atoms with Gasteiger partial charge in [0.05, 0.1) is 29.3 Å². The van der Waals surface area contributed by atoms with Crippen molar-refractivity contribution >= 4 is 57.9 Å². The maximum absolute atomic E-state index is 14.1. The van der Waals surface area contributed by atoms with E-state index in [1.54, 1.807) is 24.3 Å². The normalized spacial score (nSPS) is 19.1. The van der Waals surface area contributed by atoms with Gasteiger partial charge in [0, 0.05) is 36.3 Å². The second-order valence-corrected chi connectivity index (χ2v) is 13.1. The molecule has 3 unspecified atom stereocenters. The number of alkyl halides is 3. The molecule has 0 bridgehead atoms. The third kappa shape index (κ3) is 5.66. The first-order valence-corrected chi connectivity index (χ1v) is 15.7. The van der Waals surface area contributed by atoms with Crippen LogP contribution in [0.25, 0.3) is 0 Å². The van der Waals surface area contributed by atoms with E-state index in [2.05, 4.69) is 5.32 Å². The summed E-state index contributed by atoms with van der Waals surface area (Å²) in [7, 11) is 5.29. The summed E-state index contributed by atoms with van der Waals surface area (Å²) in [6.45, 7) is -0.498. The molecule has 3 amide bonds.